The number of carbonyl (C=O) groups excluding carboxylic acids is 1. The van der Waals surface area contributed by atoms with E-state index < -0.39 is 0 Å². The lowest BCUT2D eigenvalue weighted by atomic mass is 10.1. The Hall–Kier alpha value is -2.00. The molecule has 0 radical (unpaired) electrons. The summed E-state index contributed by atoms with van der Waals surface area (Å²) in [5.74, 6) is 0.163. The van der Waals surface area contributed by atoms with Gasteiger partial charge >= 0.3 is 0 Å². The molecule has 1 unspecified atom stereocenters. The fourth-order valence-electron chi connectivity index (χ4n) is 2.25. The zero-order chi connectivity index (χ0) is 13.9. The van der Waals surface area contributed by atoms with Crippen LogP contribution < -0.4 is 0 Å². The lowest BCUT2D eigenvalue weighted by molar-refractivity contribution is 0.0995. The summed E-state index contributed by atoms with van der Waals surface area (Å²) in [7, 11) is 0. The van der Waals surface area contributed by atoms with Crippen molar-refractivity contribution in [2.75, 3.05) is 0 Å². The summed E-state index contributed by atoms with van der Waals surface area (Å²) >= 11 is 1.60. The van der Waals surface area contributed by atoms with Gasteiger partial charge in [-0.2, -0.15) is 0 Å². The molecule has 0 fully saturated rings. The topological polar surface area (TPSA) is 32.9 Å². The summed E-state index contributed by atoms with van der Waals surface area (Å²) in [6.45, 7) is 1.96. The number of benzene rings is 2. The molecule has 0 aliphatic rings. The molecule has 1 atom stereocenters. The maximum absolute atomic E-state index is 12.6. The molecule has 0 amide bonds. The number of fused-ring (bicyclic) bond motifs is 1. The smallest absolute Gasteiger partial charge is 0.178 e. The Morgan fingerprint density at radius 3 is 2.55 bits per heavy atom. The molecule has 0 aliphatic heterocycles. The Kier molecular flexibility index (Phi) is 3.61. The fourth-order valence-corrected chi connectivity index (χ4v) is 3.21. The minimum Gasteiger partial charge on any atom is -0.360 e. The van der Waals surface area contributed by atoms with Crippen LogP contribution in [0.15, 0.2) is 65.7 Å². The zero-order valence-electron chi connectivity index (χ0n) is 11.2. The maximum atomic E-state index is 12.6. The number of H-pyrrole nitrogens is 1. The van der Waals surface area contributed by atoms with Crippen molar-refractivity contribution in [3.05, 3.63) is 66.4 Å². The third-order valence-corrected chi connectivity index (χ3v) is 4.39. The second-order valence-electron chi connectivity index (χ2n) is 4.69. The predicted octanol–water partition coefficient (Wildman–Crippen LogP) is 4.53. The molecule has 20 heavy (non-hydrogen) atoms. The SMILES string of the molecule is CC(Sc1ccccc1)C(=O)c1c[nH]c2ccccc12. The van der Waals surface area contributed by atoms with Crippen molar-refractivity contribution in [2.24, 2.45) is 0 Å². The van der Waals surface area contributed by atoms with Crippen molar-refractivity contribution in [1.29, 1.82) is 0 Å². The number of carbonyl (C=O) groups is 1. The summed E-state index contributed by atoms with van der Waals surface area (Å²) in [5, 5.41) is 0.898. The Morgan fingerprint density at radius 1 is 1.05 bits per heavy atom. The molecule has 0 spiro atoms. The van der Waals surface area contributed by atoms with Gasteiger partial charge in [-0.3, -0.25) is 4.79 Å². The van der Waals surface area contributed by atoms with E-state index in [0.717, 1.165) is 21.4 Å². The maximum Gasteiger partial charge on any atom is 0.178 e. The molecule has 1 N–H and O–H groups in total. The highest BCUT2D eigenvalue weighted by Gasteiger charge is 2.19. The summed E-state index contributed by atoms with van der Waals surface area (Å²) in [4.78, 5) is 16.9. The number of thioether (sulfide) groups is 1. The summed E-state index contributed by atoms with van der Waals surface area (Å²) < 4.78 is 0. The van der Waals surface area contributed by atoms with E-state index in [4.69, 9.17) is 0 Å². The van der Waals surface area contributed by atoms with E-state index in [1.807, 2.05) is 67.7 Å². The zero-order valence-corrected chi connectivity index (χ0v) is 12.0. The van der Waals surface area contributed by atoms with Crippen LogP contribution in [0.5, 0.6) is 0 Å². The first-order valence-corrected chi connectivity index (χ1v) is 7.46. The molecule has 0 saturated heterocycles. The molecular formula is C17H15NOS. The molecule has 1 aromatic heterocycles. The van der Waals surface area contributed by atoms with Gasteiger partial charge in [-0.05, 0) is 25.1 Å². The van der Waals surface area contributed by atoms with Crippen LogP contribution in [-0.4, -0.2) is 16.0 Å². The Balaban J connectivity index is 1.85. The fraction of sp³-hybridized carbons (Fsp3) is 0.118. The van der Waals surface area contributed by atoms with Crippen LogP contribution in [0.2, 0.25) is 0 Å². The number of ketones is 1. The second kappa shape index (κ2) is 5.55. The molecule has 0 saturated carbocycles. The molecular weight excluding hydrogens is 266 g/mol. The van der Waals surface area contributed by atoms with E-state index >= 15 is 0 Å². The van der Waals surface area contributed by atoms with Crippen LogP contribution in [0.1, 0.15) is 17.3 Å². The monoisotopic (exact) mass is 281 g/mol. The molecule has 3 aromatic rings. The average molecular weight is 281 g/mol. The minimum absolute atomic E-state index is 0.100. The lowest BCUT2D eigenvalue weighted by Gasteiger charge is -2.09. The third-order valence-electron chi connectivity index (χ3n) is 3.28. The van der Waals surface area contributed by atoms with Crippen LogP contribution in [0.25, 0.3) is 10.9 Å². The lowest BCUT2D eigenvalue weighted by Crippen LogP contribution is -2.12. The molecule has 1 heterocycles. The van der Waals surface area contributed by atoms with E-state index in [1.165, 1.54) is 0 Å². The van der Waals surface area contributed by atoms with Gasteiger partial charge in [0.15, 0.2) is 5.78 Å². The molecule has 3 heteroatoms. The third kappa shape index (κ3) is 2.49. The van der Waals surface area contributed by atoms with Gasteiger partial charge in [-0.25, -0.2) is 0 Å². The molecule has 100 valence electrons. The second-order valence-corrected chi connectivity index (χ2v) is 6.10. The quantitative estimate of drug-likeness (QED) is 0.563. The number of nitrogens with one attached hydrogen (secondary N) is 1. The van der Waals surface area contributed by atoms with Crippen molar-refractivity contribution in [3.63, 3.8) is 0 Å². The Morgan fingerprint density at radius 2 is 1.75 bits per heavy atom. The van der Waals surface area contributed by atoms with Gasteiger partial charge in [-0.15, -0.1) is 11.8 Å². The number of hydrogen-bond donors (Lipinski definition) is 1. The van der Waals surface area contributed by atoms with Crippen molar-refractivity contribution in [3.8, 4) is 0 Å². The van der Waals surface area contributed by atoms with Crippen molar-refractivity contribution >= 4 is 28.4 Å². The first-order valence-electron chi connectivity index (χ1n) is 6.58. The molecule has 0 bridgehead atoms. The van der Waals surface area contributed by atoms with Crippen LogP contribution in [0.3, 0.4) is 0 Å². The van der Waals surface area contributed by atoms with Gasteiger partial charge in [0.05, 0.1) is 5.25 Å². The summed E-state index contributed by atoms with van der Waals surface area (Å²) in [6, 6.07) is 17.9. The first-order chi connectivity index (χ1) is 9.75. The summed E-state index contributed by atoms with van der Waals surface area (Å²) in [6.07, 6.45) is 1.81. The van der Waals surface area contributed by atoms with Gasteiger partial charge in [-0.1, -0.05) is 36.4 Å². The number of aromatic amines is 1. The van der Waals surface area contributed by atoms with E-state index in [9.17, 15) is 4.79 Å². The highest BCUT2D eigenvalue weighted by molar-refractivity contribution is 8.00. The van der Waals surface area contributed by atoms with E-state index in [0.29, 0.717) is 0 Å². The predicted molar refractivity (Wildman–Crippen MR) is 84.4 cm³/mol. The molecule has 3 rings (SSSR count). The average Bonchev–Trinajstić information content (AvgIpc) is 2.91. The molecule has 2 nitrogen and oxygen atoms in total. The number of Topliss-reactive ketones (excluding diaryl/α,β-unsaturated/α-hetero) is 1. The van der Waals surface area contributed by atoms with Crippen LogP contribution >= 0.6 is 11.8 Å². The van der Waals surface area contributed by atoms with E-state index in [1.54, 1.807) is 11.8 Å². The molecule has 0 aliphatic carbocycles. The highest BCUT2D eigenvalue weighted by Crippen LogP contribution is 2.27. The number of hydrogen-bond acceptors (Lipinski definition) is 2. The van der Waals surface area contributed by atoms with Gasteiger partial charge < -0.3 is 4.98 Å². The van der Waals surface area contributed by atoms with Crippen LogP contribution in [0, 0.1) is 0 Å². The van der Waals surface area contributed by atoms with Gasteiger partial charge in [0.2, 0.25) is 0 Å². The Labute approximate surface area is 122 Å². The Bertz CT molecular complexity index is 733. The first kappa shape index (κ1) is 13.0. The van der Waals surface area contributed by atoms with E-state index in [2.05, 4.69) is 4.98 Å². The van der Waals surface area contributed by atoms with Crippen LogP contribution in [-0.2, 0) is 0 Å². The highest BCUT2D eigenvalue weighted by atomic mass is 32.2. The summed E-state index contributed by atoms with van der Waals surface area (Å²) in [5.41, 5.74) is 1.78. The van der Waals surface area contributed by atoms with Crippen LogP contribution in [0.4, 0.5) is 0 Å². The van der Waals surface area contributed by atoms with Gasteiger partial charge in [0.25, 0.3) is 0 Å². The minimum atomic E-state index is -0.100. The number of para-hydroxylation sites is 1. The molecule has 2 aromatic carbocycles. The van der Waals surface area contributed by atoms with Gasteiger partial charge in [0.1, 0.15) is 0 Å². The standard InChI is InChI=1S/C17H15NOS/c1-12(20-13-7-3-2-4-8-13)17(19)15-11-18-16-10-6-5-9-14(15)16/h2-12,18H,1H3. The number of aromatic nitrogens is 1. The number of rotatable bonds is 4. The largest absolute Gasteiger partial charge is 0.360 e. The normalized spacial score (nSPS) is 12.4. The van der Waals surface area contributed by atoms with Gasteiger partial charge in [0, 0.05) is 27.6 Å². The van der Waals surface area contributed by atoms with E-state index in [-0.39, 0.29) is 11.0 Å². The van der Waals surface area contributed by atoms with Crippen molar-refractivity contribution in [1.82, 2.24) is 4.98 Å². The van der Waals surface area contributed by atoms with Crippen molar-refractivity contribution in [2.45, 2.75) is 17.1 Å². The van der Waals surface area contributed by atoms with Crippen molar-refractivity contribution < 1.29 is 4.79 Å².